The fraction of sp³-hybridized carbons (Fsp3) is 0.966. The molecule has 4 rings (SSSR count). The summed E-state index contributed by atoms with van der Waals surface area (Å²) in [4.78, 5) is 12.7. The second-order valence-electron chi connectivity index (χ2n) is 13.4. The average molecular weight is 746 g/mol. The second-order valence-corrected chi connectivity index (χ2v) is 13.4. The maximum Gasteiger partial charge on any atom is 0.252 e. The minimum Gasteiger partial charge on any atom is -0.395 e. The smallest absolute Gasteiger partial charge is 0.252 e. The van der Waals surface area contributed by atoms with Crippen LogP contribution in [0.3, 0.4) is 0 Å². The molecule has 0 aromatic heterocycles. The Morgan fingerprint density at radius 3 is 2.20 bits per heavy atom. The van der Waals surface area contributed by atoms with E-state index in [1.54, 1.807) is 0 Å². The first-order chi connectivity index (χ1) is 24.2. The topological polar surface area (TPSA) is 368 Å². The number of halogens is 1. The first-order valence-corrected chi connectivity index (χ1v) is 17.1. The van der Waals surface area contributed by atoms with Crippen molar-refractivity contribution in [3.05, 3.63) is 0 Å². The van der Waals surface area contributed by atoms with Gasteiger partial charge in [0.1, 0.15) is 48.9 Å². The molecular formula is C29H56FN7O14. The van der Waals surface area contributed by atoms with Gasteiger partial charge in [-0.15, -0.1) is 0 Å². The summed E-state index contributed by atoms with van der Waals surface area (Å²) in [6.07, 6.45) is -19.7. The van der Waals surface area contributed by atoms with Crippen LogP contribution >= 0.6 is 0 Å². The monoisotopic (exact) mass is 745 g/mol. The fourth-order valence-electron chi connectivity index (χ4n) is 6.66. The molecule has 0 aromatic rings. The van der Waals surface area contributed by atoms with E-state index in [1.165, 1.54) is 0 Å². The SMILES string of the molecule is NCC(F)C(O)C(=O)NC1CC(N)C(OC2OC(CNCCO)C(O)CC2N)C(OC2CC(OC3OC(CN)C(O)C(O)C3N)C(CO)O2)C1O. The lowest BCUT2D eigenvalue weighted by atomic mass is 9.83. The van der Waals surface area contributed by atoms with E-state index in [-0.39, 0.29) is 45.5 Å². The number of nitrogens with one attached hydrogen (secondary N) is 2. The lowest BCUT2D eigenvalue weighted by molar-refractivity contribution is -0.290. The van der Waals surface area contributed by atoms with Crippen molar-refractivity contribution in [2.24, 2.45) is 28.7 Å². The second kappa shape index (κ2) is 19.3. The van der Waals surface area contributed by atoms with Gasteiger partial charge in [-0.25, -0.2) is 4.39 Å². The zero-order valence-electron chi connectivity index (χ0n) is 28.1. The maximum absolute atomic E-state index is 14.0. The van der Waals surface area contributed by atoms with Gasteiger partial charge in [0.25, 0.3) is 5.91 Å². The van der Waals surface area contributed by atoms with E-state index in [9.17, 15) is 39.8 Å². The van der Waals surface area contributed by atoms with Gasteiger partial charge < -0.3 is 103 Å². The molecule has 4 aliphatic rings. The van der Waals surface area contributed by atoms with Crippen molar-refractivity contribution in [2.45, 2.75) is 136 Å². The molecule has 19 unspecified atom stereocenters. The number of rotatable bonds is 16. The van der Waals surface area contributed by atoms with Crippen LogP contribution in [0.1, 0.15) is 19.3 Å². The molecule has 0 bridgehead atoms. The van der Waals surface area contributed by atoms with Crippen molar-refractivity contribution < 1.29 is 73.4 Å². The van der Waals surface area contributed by atoms with Crippen LogP contribution in [-0.2, 0) is 33.2 Å². The molecule has 1 saturated carbocycles. The summed E-state index contributed by atoms with van der Waals surface area (Å²) in [5.41, 5.74) is 29.8. The van der Waals surface area contributed by atoms with Gasteiger partial charge in [0, 0.05) is 38.6 Å². The lowest BCUT2D eigenvalue weighted by Gasteiger charge is -2.47. The van der Waals surface area contributed by atoms with E-state index in [0.29, 0.717) is 0 Å². The highest BCUT2D eigenvalue weighted by Crippen LogP contribution is 2.34. The molecule has 1 amide bonds. The average Bonchev–Trinajstić information content (AvgIpc) is 3.50. The van der Waals surface area contributed by atoms with Crippen molar-refractivity contribution in [3.63, 3.8) is 0 Å². The molecule has 0 spiro atoms. The summed E-state index contributed by atoms with van der Waals surface area (Å²) in [5.74, 6) is -1.15. The Kier molecular flexibility index (Phi) is 16.0. The highest BCUT2D eigenvalue weighted by molar-refractivity contribution is 5.81. The number of carbonyl (C=O) groups is 1. The van der Waals surface area contributed by atoms with Gasteiger partial charge in [-0.2, -0.15) is 0 Å². The van der Waals surface area contributed by atoms with E-state index in [2.05, 4.69) is 10.6 Å². The number of aliphatic hydroxyl groups is 7. The summed E-state index contributed by atoms with van der Waals surface area (Å²) >= 11 is 0. The van der Waals surface area contributed by atoms with Crippen LogP contribution in [0.5, 0.6) is 0 Å². The van der Waals surface area contributed by atoms with Gasteiger partial charge in [-0.1, -0.05) is 0 Å². The molecule has 51 heavy (non-hydrogen) atoms. The van der Waals surface area contributed by atoms with Gasteiger partial charge >= 0.3 is 0 Å². The molecule has 22 heteroatoms. The van der Waals surface area contributed by atoms with Crippen LogP contribution in [0.15, 0.2) is 0 Å². The van der Waals surface area contributed by atoms with E-state index < -0.39 is 135 Å². The van der Waals surface area contributed by atoms with Crippen LogP contribution in [0.4, 0.5) is 4.39 Å². The van der Waals surface area contributed by atoms with Crippen LogP contribution in [0.2, 0.25) is 0 Å². The van der Waals surface area contributed by atoms with Crippen LogP contribution in [-0.4, -0.2) is 197 Å². The van der Waals surface area contributed by atoms with Crippen LogP contribution in [0.25, 0.3) is 0 Å². The molecule has 4 fully saturated rings. The molecule has 19 N–H and O–H groups in total. The van der Waals surface area contributed by atoms with Crippen molar-refractivity contribution in [3.8, 4) is 0 Å². The third-order valence-electron chi connectivity index (χ3n) is 9.66. The van der Waals surface area contributed by atoms with Gasteiger partial charge in [0.2, 0.25) is 0 Å². The zero-order chi connectivity index (χ0) is 37.6. The van der Waals surface area contributed by atoms with Gasteiger partial charge in [-0.05, 0) is 12.8 Å². The van der Waals surface area contributed by atoms with Crippen molar-refractivity contribution in [1.29, 1.82) is 0 Å². The van der Waals surface area contributed by atoms with Crippen LogP contribution < -0.4 is 39.3 Å². The van der Waals surface area contributed by atoms with E-state index in [0.717, 1.165) is 0 Å². The van der Waals surface area contributed by atoms with Crippen molar-refractivity contribution in [1.82, 2.24) is 10.6 Å². The van der Waals surface area contributed by atoms with Crippen molar-refractivity contribution in [2.75, 3.05) is 39.4 Å². The Labute approximate surface area is 293 Å². The molecule has 3 aliphatic heterocycles. The molecule has 19 atom stereocenters. The quantitative estimate of drug-likeness (QED) is 0.0652. The number of amides is 1. The Balaban J connectivity index is 1.52. The normalized spacial score (nSPS) is 44.6. The highest BCUT2D eigenvalue weighted by atomic mass is 19.1. The third-order valence-corrected chi connectivity index (χ3v) is 9.66. The Morgan fingerprint density at radius 1 is 0.843 bits per heavy atom. The molecule has 0 radical (unpaired) electrons. The summed E-state index contributed by atoms with van der Waals surface area (Å²) in [6, 6.07) is -4.23. The molecule has 21 nitrogen and oxygen atoms in total. The number of ether oxygens (including phenoxy) is 6. The van der Waals surface area contributed by atoms with Gasteiger partial charge in [0.15, 0.2) is 25.0 Å². The first-order valence-electron chi connectivity index (χ1n) is 17.1. The number of aliphatic hydroxyl groups excluding tert-OH is 7. The maximum atomic E-state index is 14.0. The standard InChI is InChI=1S/C29H56FN7O14/c30-10(6-31)21(41)27(45)37-13-3-11(33)25(51-28-12(34)4-14(40)17(49-28)8-36-1-2-38)26(22(13)42)50-19-5-15(18(9-39)46-19)47-29-20(35)24(44)23(43)16(7-32)48-29/h10-26,28-29,36,38-44H,1-9,31-35H2,(H,37,45). The largest absolute Gasteiger partial charge is 0.395 e. The van der Waals surface area contributed by atoms with Crippen LogP contribution in [0, 0.1) is 0 Å². The Morgan fingerprint density at radius 2 is 1.55 bits per heavy atom. The first kappa shape index (κ1) is 42.4. The third kappa shape index (κ3) is 10.2. The summed E-state index contributed by atoms with van der Waals surface area (Å²) in [6.45, 7) is -1.10. The number of alkyl halides is 1. The Bertz CT molecular complexity index is 1080. The zero-order valence-corrected chi connectivity index (χ0v) is 28.1. The van der Waals surface area contributed by atoms with E-state index in [4.69, 9.17) is 62.2 Å². The molecule has 0 aromatic carbocycles. The van der Waals surface area contributed by atoms with Crippen molar-refractivity contribution >= 4 is 5.91 Å². The molecule has 298 valence electrons. The highest BCUT2D eigenvalue weighted by Gasteiger charge is 2.52. The minimum atomic E-state index is -2.13. The fourth-order valence-corrected chi connectivity index (χ4v) is 6.66. The number of hydrogen-bond donors (Lipinski definition) is 14. The Hall–Kier alpha value is -1.36. The predicted octanol–water partition coefficient (Wildman–Crippen LogP) is -8.40. The summed E-state index contributed by atoms with van der Waals surface area (Å²) in [7, 11) is 0. The molecule has 1 aliphatic carbocycles. The van der Waals surface area contributed by atoms with E-state index in [1.807, 2.05) is 0 Å². The summed E-state index contributed by atoms with van der Waals surface area (Å²) in [5, 5.41) is 77.3. The minimum absolute atomic E-state index is 0.0688. The van der Waals surface area contributed by atoms with Gasteiger partial charge in [-0.3, -0.25) is 4.79 Å². The predicted molar refractivity (Wildman–Crippen MR) is 170 cm³/mol. The summed E-state index contributed by atoms with van der Waals surface area (Å²) < 4.78 is 49.9. The lowest BCUT2D eigenvalue weighted by Crippen LogP contribution is -2.67. The molecular weight excluding hydrogens is 689 g/mol. The number of nitrogens with two attached hydrogens (primary N) is 5. The number of carbonyl (C=O) groups excluding carboxylic acids is 1. The molecule has 3 heterocycles. The van der Waals surface area contributed by atoms with E-state index >= 15 is 0 Å². The van der Waals surface area contributed by atoms with Gasteiger partial charge in [0.05, 0.1) is 49.7 Å². The molecule has 3 saturated heterocycles. The number of hydrogen-bond acceptors (Lipinski definition) is 20.